The Morgan fingerprint density at radius 2 is 1.50 bits per heavy atom. The minimum atomic E-state index is -3.72. The van der Waals surface area contributed by atoms with E-state index in [4.69, 9.17) is 0 Å². The lowest BCUT2D eigenvalue weighted by molar-refractivity contribution is 0.556. The molecule has 1 unspecified atom stereocenters. The molecule has 0 radical (unpaired) electrons. The van der Waals surface area contributed by atoms with Crippen LogP contribution >= 0.6 is 11.8 Å². The highest BCUT2D eigenvalue weighted by atomic mass is 32.2. The predicted molar refractivity (Wildman–Crippen MR) is 137 cm³/mol. The maximum absolute atomic E-state index is 13.0. The molecule has 4 rings (SSSR count). The molecule has 1 aromatic heterocycles. The van der Waals surface area contributed by atoms with Crippen molar-refractivity contribution in [3.05, 3.63) is 101 Å². The van der Waals surface area contributed by atoms with Gasteiger partial charge in [0.05, 0.1) is 10.9 Å². The van der Waals surface area contributed by atoms with Gasteiger partial charge in [-0.05, 0) is 63.1 Å². The van der Waals surface area contributed by atoms with Crippen LogP contribution in [0.5, 0.6) is 0 Å². The average Bonchev–Trinajstić information content (AvgIpc) is 3.23. The Morgan fingerprint density at radius 1 is 0.882 bits per heavy atom. The largest absolute Gasteiger partial charge is 0.273 e. The van der Waals surface area contributed by atoms with Crippen LogP contribution in [0.15, 0.2) is 82.8 Å². The molecule has 1 heterocycles. The lowest BCUT2D eigenvalue weighted by Gasteiger charge is -2.17. The molecule has 1 N–H and O–H groups in total. The zero-order chi connectivity index (χ0) is 24.3. The Morgan fingerprint density at radius 3 is 2.15 bits per heavy atom. The third kappa shape index (κ3) is 5.41. The van der Waals surface area contributed by atoms with Gasteiger partial charge >= 0.3 is 0 Å². The van der Waals surface area contributed by atoms with Crippen molar-refractivity contribution in [1.29, 1.82) is 0 Å². The number of thioether (sulfide) groups is 1. The summed E-state index contributed by atoms with van der Waals surface area (Å²) >= 11 is 1.58. The van der Waals surface area contributed by atoms with E-state index < -0.39 is 16.1 Å². The summed E-state index contributed by atoms with van der Waals surface area (Å²) in [4.78, 5) is 0.223. The van der Waals surface area contributed by atoms with Crippen LogP contribution in [0.1, 0.15) is 41.0 Å². The first kappa shape index (κ1) is 24.2. The molecule has 0 aliphatic heterocycles. The van der Waals surface area contributed by atoms with E-state index in [9.17, 15) is 8.42 Å². The van der Waals surface area contributed by atoms with Crippen molar-refractivity contribution in [1.82, 2.24) is 19.5 Å². The number of nitrogens with one attached hydrogen (secondary N) is 1. The van der Waals surface area contributed by atoms with E-state index >= 15 is 0 Å². The average molecular weight is 493 g/mol. The summed E-state index contributed by atoms with van der Waals surface area (Å²) in [5.74, 6) is 1.27. The van der Waals surface area contributed by atoms with Crippen molar-refractivity contribution < 1.29 is 8.42 Å². The van der Waals surface area contributed by atoms with Gasteiger partial charge in [-0.1, -0.05) is 71.4 Å². The number of aromatic nitrogens is 3. The highest BCUT2D eigenvalue weighted by molar-refractivity contribution is 7.98. The Hall–Kier alpha value is -2.94. The maximum Gasteiger partial charge on any atom is 0.241 e. The van der Waals surface area contributed by atoms with Gasteiger partial charge < -0.3 is 0 Å². The zero-order valence-corrected chi connectivity index (χ0v) is 21.3. The number of aryl methyl sites for hydroxylation is 3. The fraction of sp³-hybridized carbons (Fsp3) is 0.231. The summed E-state index contributed by atoms with van der Waals surface area (Å²) in [7, 11) is -3.72. The summed E-state index contributed by atoms with van der Waals surface area (Å²) in [6.07, 6.45) is 0. The number of benzene rings is 3. The molecule has 0 fully saturated rings. The molecular weight excluding hydrogens is 464 g/mol. The van der Waals surface area contributed by atoms with Crippen molar-refractivity contribution >= 4 is 21.8 Å². The second-order valence-electron chi connectivity index (χ2n) is 8.38. The Kier molecular flexibility index (Phi) is 7.21. The molecule has 0 bridgehead atoms. The SMILES string of the molecule is Cc1ccc(-n2c(SCc3ccccc3C)nnc2C(C)NS(=O)(=O)c2ccc(C)cc2)cc1. The monoisotopic (exact) mass is 492 g/mol. The summed E-state index contributed by atoms with van der Waals surface area (Å²) in [6, 6.07) is 22.5. The third-order valence-electron chi connectivity index (χ3n) is 5.62. The first-order valence-electron chi connectivity index (χ1n) is 11.0. The number of nitrogens with zero attached hydrogens (tertiary/aromatic N) is 3. The first-order valence-corrected chi connectivity index (χ1v) is 13.5. The molecule has 3 aromatic carbocycles. The number of rotatable bonds is 8. The Bertz CT molecular complexity index is 1380. The molecule has 1 atom stereocenters. The lowest BCUT2D eigenvalue weighted by atomic mass is 10.1. The van der Waals surface area contributed by atoms with Gasteiger partial charge in [0.25, 0.3) is 0 Å². The van der Waals surface area contributed by atoms with Gasteiger partial charge in [0.2, 0.25) is 10.0 Å². The molecule has 0 spiro atoms. The molecule has 176 valence electrons. The molecule has 0 aliphatic rings. The van der Waals surface area contributed by atoms with E-state index in [0.29, 0.717) is 11.0 Å². The van der Waals surface area contributed by atoms with Gasteiger partial charge in [-0.15, -0.1) is 10.2 Å². The van der Waals surface area contributed by atoms with Gasteiger partial charge in [0.1, 0.15) is 0 Å². The number of hydrogen-bond donors (Lipinski definition) is 1. The molecule has 0 saturated heterocycles. The van der Waals surface area contributed by atoms with E-state index in [1.165, 1.54) is 11.1 Å². The van der Waals surface area contributed by atoms with Crippen molar-refractivity contribution in [2.24, 2.45) is 0 Å². The molecule has 4 aromatic rings. The van der Waals surface area contributed by atoms with Crippen LogP contribution in [0.25, 0.3) is 5.69 Å². The summed E-state index contributed by atoms with van der Waals surface area (Å²) in [5, 5.41) is 9.55. The van der Waals surface area contributed by atoms with E-state index in [0.717, 1.165) is 22.6 Å². The standard InChI is InChI=1S/C26H28N4O2S2/c1-18-9-13-23(14-10-18)30-25(21(4)29-34(31,32)24-15-11-19(2)12-16-24)27-28-26(30)33-17-22-8-6-5-7-20(22)3/h5-16,21,29H,17H2,1-4H3. The zero-order valence-electron chi connectivity index (χ0n) is 19.7. The van der Waals surface area contributed by atoms with Gasteiger partial charge in [-0.2, -0.15) is 0 Å². The van der Waals surface area contributed by atoms with E-state index in [-0.39, 0.29) is 4.90 Å². The maximum atomic E-state index is 13.0. The van der Waals surface area contributed by atoms with Crippen LogP contribution < -0.4 is 4.72 Å². The summed E-state index contributed by atoms with van der Waals surface area (Å²) in [5.41, 5.74) is 5.47. The Balaban J connectivity index is 1.66. The van der Waals surface area contributed by atoms with Crippen molar-refractivity contribution in [3.8, 4) is 5.69 Å². The van der Waals surface area contributed by atoms with Crippen molar-refractivity contribution in [2.45, 2.75) is 49.5 Å². The van der Waals surface area contributed by atoms with E-state index in [1.807, 2.05) is 54.8 Å². The van der Waals surface area contributed by atoms with Gasteiger partial charge in [-0.25, -0.2) is 13.1 Å². The normalized spacial score (nSPS) is 12.6. The second kappa shape index (κ2) is 10.1. The molecule has 0 saturated carbocycles. The van der Waals surface area contributed by atoms with Crippen LogP contribution in [-0.4, -0.2) is 23.2 Å². The van der Waals surface area contributed by atoms with Crippen molar-refractivity contribution in [3.63, 3.8) is 0 Å². The van der Waals surface area contributed by atoms with Gasteiger partial charge in [0.15, 0.2) is 11.0 Å². The van der Waals surface area contributed by atoms with Crippen LogP contribution in [0.3, 0.4) is 0 Å². The number of sulfonamides is 1. The van der Waals surface area contributed by atoms with Gasteiger partial charge in [0, 0.05) is 11.4 Å². The molecule has 0 amide bonds. The van der Waals surface area contributed by atoms with Crippen LogP contribution in [0.2, 0.25) is 0 Å². The smallest absolute Gasteiger partial charge is 0.241 e. The van der Waals surface area contributed by atoms with Crippen molar-refractivity contribution in [2.75, 3.05) is 0 Å². The third-order valence-corrected chi connectivity index (χ3v) is 8.15. The van der Waals surface area contributed by atoms with Crippen LogP contribution in [-0.2, 0) is 15.8 Å². The Labute approximate surface area is 205 Å². The molecular formula is C26H28N4O2S2. The van der Waals surface area contributed by atoms with Crippen LogP contribution in [0.4, 0.5) is 0 Å². The van der Waals surface area contributed by atoms with Gasteiger partial charge in [-0.3, -0.25) is 4.57 Å². The highest BCUT2D eigenvalue weighted by Gasteiger charge is 2.25. The minimum absolute atomic E-state index is 0.223. The molecule has 8 heteroatoms. The molecule has 6 nitrogen and oxygen atoms in total. The molecule has 34 heavy (non-hydrogen) atoms. The fourth-order valence-corrected chi connectivity index (χ4v) is 5.81. The first-order chi connectivity index (χ1) is 16.2. The highest BCUT2D eigenvalue weighted by Crippen LogP contribution is 2.29. The second-order valence-corrected chi connectivity index (χ2v) is 11.0. The summed E-state index contributed by atoms with van der Waals surface area (Å²) in [6.45, 7) is 7.83. The number of hydrogen-bond acceptors (Lipinski definition) is 5. The van der Waals surface area contributed by atoms with E-state index in [1.54, 1.807) is 43.0 Å². The topological polar surface area (TPSA) is 76.9 Å². The summed E-state index contributed by atoms with van der Waals surface area (Å²) < 4.78 is 30.7. The fourth-order valence-electron chi connectivity index (χ4n) is 3.58. The van der Waals surface area contributed by atoms with E-state index in [2.05, 4.69) is 34.0 Å². The minimum Gasteiger partial charge on any atom is -0.273 e. The predicted octanol–water partition coefficient (Wildman–Crippen LogP) is 5.52. The molecule has 0 aliphatic carbocycles. The quantitative estimate of drug-likeness (QED) is 0.328. The lowest BCUT2D eigenvalue weighted by Crippen LogP contribution is -2.28. The van der Waals surface area contributed by atoms with Crippen LogP contribution in [0, 0.1) is 20.8 Å².